The van der Waals surface area contributed by atoms with Crippen molar-refractivity contribution in [1.29, 1.82) is 0 Å². The molecule has 2 atom stereocenters. The van der Waals surface area contributed by atoms with Crippen molar-refractivity contribution < 1.29 is 14.0 Å². The Hall–Kier alpha value is -1.30. The van der Waals surface area contributed by atoms with E-state index in [-0.39, 0.29) is 17.6 Å². The summed E-state index contributed by atoms with van der Waals surface area (Å²) in [7, 11) is -2.13. The molecule has 36 heavy (non-hydrogen) atoms. The number of carbonyl (C=O) groups is 1. The van der Waals surface area contributed by atoms with Crippen LogP contribution in [0, 0.1) is 5.41 Å². The van der Waals surface area contributed by atoms with Gasteiger partial charge in [-0.15, -0.1) is 0 Å². The first kappa shape index (κ1) is 34.7. The summed E-state index contributed by atoms with van der Waals surface area (Å²) in [6.07, 6.45) is 19.3. The predicted octanol–water partition coefficient (Wildman–Crippen LogP) is 9.90. The fourth-order valence-electron chi connectivity index (χ4n) is 3.56. The molecule has 6 nitrogen and oxygen atoms in total. The highest BCUT2D eigenvalue weighted by Crippen LogP contribution is 2.38. The van der Waals surface area contributed by atoms with Gasteiger partial charge >= 0.3 is 5.97 Å². The number of carbonyl (C=O) groups excluding carboxylic acids is 1. The summed E-state index contributed by atoms with van der Waals surface area (Å²) in [5.41, 5.74) is 8.59. The second-order valence-corrected chi connectivity index (χ2v) is 17.5. The van der Waals surface area contributed by atoms with Gasteiger partial charge in [0.2, 0.25) is 0 Å². The minimum Gasteiger partial charge on any atom is -0.465 e. The van der Waals surface area contributed by atoms with E-state index < -0.39 is 25.9 Å². The lowest BCUT2D eigenvalue weighted by Crippen LogP contribution is -2.47. The Balaban J connectivity index is 4.86. The Morgan fingerprint density at radius 1 is 0.917 bits per heavy atom. The Bertz CT molecular complexity index is 674. The number of allylic oxidation sites excluding steroid dienone is 1. The molecule has 0 radical (unpaired) electrons. The molecule has 0 N–H and O–H groups in total. The number of azide groups is 1. The zero-order valence-electron chi connectivity index (χ0n) is 25.1. The molecule has 0 heterocycles. The highest BCUT2D eigenvalue weighted by atomic mass is 28.4. The molecule has 0 saturated carbocycles. The third kappa shape index (κ3) is 15.7. The SMILES string of the molecule is CCCCCCCCCCCCCC=C[C@@H](O[Si](C)(C)C(C)(C)C)[C@H](COC(=O)C(C)(C)C)N=[N+]=[N-]. The van der Waals surface area contributed by atoms with Crippen molar-refractivity contribution in [3.05, 3.63) is 22.6 Å². The first-order valence-electron chi connectivity index (χ1n) is 14.3. The normalized spacial score (nSPS) is 14.5. The molecule has 0 aromatic heterocycles. The molecule has 0 aliphatic carbocycles. The van der Waals surface area contributed by atoms with E-state index in [2.05, 4.69) is 56.9 Å². The van der Waals surface area contributed by atoms with E-state index >= 15 is 0 Å². The van der Waals surface area contributed by atoms with Gasteiger partial charge in [-0.05, 0) is 57.3 Å². The smallest absolute Gasteiger partial charge is 0.311 e. The van der Waals surface area contributed by atoms with Crippen LogP contribution in [0.1, 0.15) is 126 Å². The van der Waals surface area contributed by atoms with Gasteiger partial charge in [0, 0.05) is 4.91 Å². The topological polar surface area (TPSA) is 84.3 Å². The Labute approximate surface area is 223 Å². The average Bonchev–Trinajstić information content (AvgIpc) is 2.77. The maximum absolute atomic E-state index is 12.3. The van der Waals surface area contributed by atoms with Gasteiger partial charge in [0.1, 0.15) is 12.6 Å². The fraction of sp³-hybridized carbons (Fsp3) is 0.897. The molecule has 0 bridgehead atoms. The molecule has 0 aliphatic heterocycles. The minimum atomic E-state index is -2.13. The summed E-state index contributed by atoms with van der Waals surface area (Å²) in [6.45, 7) is 18.7. The summed E-state index contributed by atoms with van der Waals surface area (Å²) in [4.78, 5) is 15.4. The number of unbranched alkanes of at least 4 members (excludes halogenated alkanes) is 11. The van der Waals surface area contributed by atoms with Gasteiger partial charge in [0.25, 0.3) is 0 Å². The Morgan fingerprint density at radius 2 is 1.42 bits per heavy atom. The minimum absolute atomic E-state index is 0.0120. The second-order valence-electron chi connectivity index (χ2n) is 12.7. The molecule has 0 aromatic carbocycles. The third-order valence-corrected chi connectivity index (χ3v) is 11.6. The van der Waals surface area contributed by atoms with Crippen molar-refractivity contribution in [1.82, 2.24) is 0 Å². The van der Waals surface area contributed by atoms with E-state index in [1.54, 1.807) is 0 Å². The number of nitrogens with zero attached hydrogens (tertiary/aromatic N) is 3. The van der Waals surface area contributed by atoms with Gasteiger partial charge in [-0.3, -0.25) is 4.79 Å². The quantitative estimate of drug-likeness (QED) is 0.0321. The highest BCUT2D eigenvalue weighted by molar-refractivity contribution is 6.74. The molecule has 7 heteroatoms. The Kier molecular flexibility index (Phi) is 17.4. The molecule has 0 aromatic rings. The van der Waals surface area contributed by atoms with E-state index in [1.807, 2.05) is 26.8 Å². The lowest BCUT2D eigenvalue weighted by molar-refractivity contribution is -0.153. The number of hydrogen-bond donors (Lipinski definition) is 0. The van der Waals surface area contributed by atoms with Gasteiger partial charge in [0.05, 0.1) is 11.5 Å². The largest absolute Gasteiger partial charge is 0.465 e. The predicted molar refractivity (Wildman–Crippen MR) is 156 cm³/mol. The van der Waals surface area contributed by atoms with Crippen LogP contribution in [0.5, 0.6) is 0 Å². The van der Waals surface area contributed by atoms with Crippen LogP contribution in [0.4, 0.5) is 0 Å². The number of hydrogen-bond acceptors (Lipinski definition) is 4. The lowest BCUT2D eigenvalue weighted by Gasteiger charge is -2.40. The highest BCUT2D eigenvalue weighted by Gasteiger charge is 2.40. The molecule has 0 fully saturated rings. The van der Waals surface area contributed by atoms with Crippen LogP contribution in [-0.2, 0) is 14.0 Å². The second kappa shape index (κ2) is 18.0. The summed E-state index contributed by atoms with van der Waals surface area (Å²) in [6, 6.07) is -0.594. The monoisotopic (exact) mass is 523 g/mol. The van der Waals surface area contributed by atoms with Gasteiger partial charge in [-0.25, -0.2) is 0 Å². The van der Waals surface area contributed by atoms with Crippen molar-refractivity contribution in [2.45, 2.75) is 156 Å². The maximum atomic E-state index is 12.3. The van der Waals surface area contributed by atoms with Crippen LogP contribution in [0.3, 0.4) is 0 Å². The zero-order valence-corrected chi connectivity index (χ0v) is 26.1. The fourth-order valence-corrected chi connectivity index (χ4v) is 4.83. The number of esters is 1. The third-order valence-electron chi connectivity index (χ3n) is 7.11. The van der Waals surface area contributed by atoms with Gasteiger partial charge in [-0.2, -0.15) is 0 Å². The summed E-state index contributed by atoms with van der Waals surface area (Å²) >= 11 is 0. The van der Waals surface area contributed by atoms with Crippen LogP contribution in [-0.4, -0.2) is 33.0 Å². The van der Waals surface area contributed by atoms with Crippen LogP contribution < -0.4 is 0 Å². The molecule has 210 valence electrons. The summed E-state index contributed by atoms with van der Waals surface area (Å²) in [5.74, 6) is -0.309. The van der Waals surface area contributed by atoms with Crippen LogP contribution in [0.15, 0.2) is 17.3 Å². The summed E-state index contributed by atoms with van der Waals surface area (Å²) in [5, 5.41) is 3.99. The van der Waals surface area contributed by atoms with E-state index in [0.717, 1.165) is 12.8 Å². The van der Waals surface area contributed by atoms with E-state index in [9.17, 15) is 10.3 Å². The van der Waals surface area contributed by atoms with Crippen molar-refractivity contribution in [2.24, 2.45) is 10.5 Å². The van der Waals surface area contributed by atoms with Crippen molar-refractivity contribution in [3.63, 3.8) is 0 Å². The molecule has 0 saturated heterocycles. The van der Waals surface area contributed by atoms with Crippen molar-refractivity contribution in [2.75, 3.05) is 6.61 Å². The standard InChI is InChI=1S/C29H57N3O3Si/c1-10-11-12-13-14-15-16-17-18-19-20-21-22-23-26(35-36(8,9)29(5,6)7)25(31-32-30)24-34-27(33)28(2,3)4/h22-23,25-26H,10-21,24H2,1-9H3/t25-,26+/m0/s1. The van der Waals surface area contributed by atoms with Crippen molar-refractivity contribution >= 4 is 14.3 Å². The average molecular weight is 524 g/mol. The van der Waals surface area contributed by atoms with Gasteiger partial charge in [-0.1, -0.05) is 109 Å². The molecule has 0 spiro atoms. The van der Waals surface area contributed by atoms with Crippen molar-refractivity contribution in [3.8, 4) is 0 Å². The molecule has 0 rings (SSSR count). The zero-order chi connectivity index (χ0) is 27.7. The van der Waals surface area contributed by atoms with Crippen LogP contribution >= 0.6 is 0 Å². The molecule has 0 amide bonds. The molecule has 0 unspecified atom stereocenters. The van der Waals surface area contributed by atoms with Crippen LogP contribution in [0.2, 0.25) is 18.1 Å². The van der Waals surface area contributed by atoms with Gasteiger partial charge in [0.15, 0.2) is 8.32 Å². The molecular formula is C29H57N3O3Si. The van der Waals surface area contributed by atoms with E-state index in [1.165, 1.54) is 64.2 Å². The first-order chi connectivity index (χ1) is 16.8. The molecule has 0 aliphatic rings. The first-order valence-corrected chi connectivity index (χ1v) is 17.2. The van der Waals surface area contributed by atoms with E-state index in [4.69, 9.17) is 9.16 Å². The molecular weight excluding hydrogens is 466 g/mol. The van der Waals surface area contributed by atoms with Crippen LogP contribution in [0.25, 0.3) is 10.4 Å². The maximum Gasteiger partial charge on any atom is 0.311 e. The Morgan fingerprint density at radius 3 is 1.86 bits per heavy atom. The number of rotatable bonds is 19. The van der Waals surface area contributed by atoms with Gasteiger partial charge < -0.3 is 9.16 Å². The summed E-state index contributed by atoms with van der Waals surface area (Å²) < 4.78 is 12.2. The van der Waals surface area contributed by atoms with E-state index in [0.29, 0.717) is 0 Å². The number of ether oxygens (including phenoxy) is 1. The lowest BCUT2D eigenvalue weighted by atomic mass is 9.97.